The number of nitrogen functional groups attached to an aromatic ring is 1. The highest BCUT2D eigenvalue weighted by molar-refractivity contribution is 7.81. The molecule has 270 valence electrons. The number of aromatic nitrogens is 1. The van der Waals surface area contributed by atoms with Crippen LogP contribution in [0.4, 0.5) is 60.5 Å². The first-order chi connectivity index (χ1) is 24.5. The minimum Gasteiger partial charge on any atom is -0.399 e. The van der Waals surface area contributed by atoms with Gasteiger partial charge >= 0.3 is 12.4 Å². The first-order valence-corrected chi connectivity index (χ1v) is 16.1. The molecule has 52 heavy (non-hydrogen) atoms. The Bertz CT molecular complexity index is 2030. The summed E-state index contributed by atoms with van der Waals surface area (Å²) in [5.74, 6) is -0.350. The monoisotopic (exact) mass is 795 g/mol. The van der Waals surface area contributed by atoms with Gasteiger partial charge in [0.05, 0.1) is 21.2 Å². The number of nitrogens with one attached hydrogen (secondary N) is 5. The normalized spacial score (nSPS) is 11.0. The Morgan fingerprint density at radius 1 is 0.577 bits per heavy atom. The molecule has 18 heteroatoms. The standard InChI is InChI=1S/C20H14ClF3N4OS.C14H11ClF3N3S/c21-16-9-8-14(11-15(16)20(22,23)24)28-19(30)27-13-6-4-12(5-7-13)26-18(29)17-3-1-2-10-25-17;15-12-6-5-10(7-11(12)14(16,17)18)21-13(22)20-9-3-1-8(19)2-4-9/h1-11H,(H,26,29)(H2,27,28,30);1-7H,19H2,(H2,20,21,22). The molecule has 0 aliphatic carbocycles. The Morgan fingerprint density at radius 2 is 0.962 bits per heavy atom. The fourth-order valence-electron chi connectivity index (χ4n) is 4.12. The van der Waals surface area contributed by atoms with E-state index in [1.165, 1.54) is 24.4 Å². The number of alkyl halides is 6. The summed E-state index contributed by atoms with van der Waals surface area (Å²) < 4.78 is 77.2. The highest BCUT2D eigenvalue weighted by Crippen LogP contribution is 2.37. The number of hydrogen-bond acceptors (Lipinski definition) is 5. The number of carbonyl (C=O) groups is 1. The van der Waals surface area contributed by atoms with E-state index < -0.39 is 28.5 Å². The zero-order chi connectivity index (χ0) is 38.1. The van der Waals surface area contributed by atoms with Crippen molar-refractivity contribution >= 4 is 97.9 Å². The van der Waals surface area contributed by atoms with Crippen molar-refractivity contribution in [3.8, 4) is 0 Å². The van der Waals surface area contributed by atoms with Crippen molar-refractivity contribution in [3.63, 3.8) is 0 Å². The van der Waals surface area contributed by atoms with E-state index in [1.807, 2.05) is 0 Å². The van der Waals surface area contributed by atoms with Gasteiger partial charge in [-0.15, -0.1) is 0 Å². The number of hydrogen-bond donors (Lipinski definition) is 6. The molecule has 0 saturated carbocycles. The van der Waals surface area contributed by atoms with Crippen LogP contribution in [0.3, 0.4) is 0 Å². The summed E-state index contributed by atoms with van der Waals surface area (Å²) in [6.07, 6.45) is -7.58. The van der Waals surface area contributed by atoms with Crippen LogP contribution in [-0.4, -0.2) is 21.1 Å². The average molecular weight is 797 g/mol. The Hall–Kier alpha value is -5.16. The molecule has 1 amide bonds. The van der Waals surface area contributed by atoms with Crippen molar-refractivity contribution in [1.82, 2.24) is 4.98 Å². The van der Waals surface area contributed by atoms with Gasteiger partial charge in [-0.2, -0.15) is 26.3 Å². The molecule has 0 aliphatic rings. The Kier molecular flexibility index (Phi) is 13.2. The summed E-state index contributed by atoms with van der Waals surface area (Å²) >= 11 is 21.4. The lowest BCUT2D eigenvalue weighted by Crippen LogP contribution is -2.19. The van der Waals surface area contributed by atoms with Crippen LogP contribution in [0.5, 0.6) is 0 Å². The lowest BCUT2D eigenvalue weighted by Gasteiger charge is -2.14. The third-order valence-electron chi connectivity index (χ3n) is 6.53. The lowest BCUT2D eigenvalue weighted by molar-refractivity contribution is -0.138. The summed E-state index contributed by atoms with van der Waals surface area (Å²) in [4.78, 5) is 16.1. The van der Waals surface area contributed by atoms with Gasteiger partial charge in [-0.25, -0.2) is 0 Å². The molecule has 5 rings (SSSR count). The topological polar surface area (TPSA) is 116 Å². The highest BCUT2D eigenvalue weighted by Gasteiger charge is 2.34. The SMILES string of the molecule is Nc1ccc(NC(=S)Nc2ccc(Cl)c(C(F)(F)F)c2)cc1.O=C(Nc1ccc(NC(=S)Nc2ccc(Cl)c(C(F)(F)F)c2)cc1)c1ccccn1. The predicted molar refractivity (Wildman–Crippen MR) is 202 cm³/mol. The maximum absolute atomic E-state index is 13.0. The first kappa shape index (κ1) is 39.6. The van der Waals surface area contributed by atoms with Crippen LogP contribution in [-0.2, 0) is 12.4 Å². The van der Waals surface area contributed by atoms with Gasteiger partial charge in [0.15, 0.2) is 10.2 Å². The molecule has 0 saturated heterocycles. The van der Waals surface area contributed by atoms with E-state index >= 15 is 0 Å². The number of benzene rings is 4. The quantitative estimate of drug-likeness (QED) is 0.0568. The molecular formula is C34H25Cl2F6N7OS2. The van der Waals surface area contributed by atoms with Crippen LogP contribution in [0.25, 0.3) is 0 Å². The van der Waals surface area contributed by atoms with Crippen molar-refractivity contribution in [1.29, 1.82) is 0 Å². The maximum atomic E-state index is 13.0. The minimum absolute atomic E-state index is 0.0933. The number of pyridine rings is 1. The molecule has 7 N–H and O–H groups in total. The summed E-state index contributed by atoms with van der Waals surface area (Å²) in [7, 11) is 0. The predicted octanol–water partition coefficient (Wildman–Crippen LogP) is 10.6. The van der Waals surface area contributed by atoms with Crippen LogP contribution < -0.4 is 32.3 Å². The van der Waals surface area contributed by atoms with Crippen molar-refractivity contribution in [2.45, 2.75) is 12.4 Å². The highest BCUT2D eigenvalue weighted by atomic mass is 35.5. The van der Waals surface area contributed by atoms with E-state index in [2.05, 4.69) is 31.6 Å². The molecule has 1 aromatic heterocycles. The van der Waals surface area contributed by atoms with Crippen LogP contribution >= 0.6 is 47.6 Å². The molecule has 0 spiro atoms. The molecular weight excluding hydrogens is 771 g/mol. The molecule has 8 nitrogen and oxygen atoms in total. The summed E-state index contributed by atoms with van der Waals surface area (Å²) in [5, 5.41) is 13.2. The lowest BCUT2D eigenvalue weighted by atomic mass is 10.2. The fourth-order valence-corrected chi connectivity index (χ4v) is 5.04. The molecule has 0 unspecified atom stereocenters. The summed E-state index contributed by atoms with van der Waals surface area (Å²) in [6.45, 7) is 0. The smallest absolute Gasteiger partial charge is 0.399 e. The van der Waals surface area contributed by atoms with Crippen molar-refractivity contribution in [3.05, 3.63) is 136 Å². The number of amides is 1. The van der Waals surface area contributed by atoms with Gasteiger partial charge in [-0.05, 0) is 121 Å². The third kappa shape index (κ3) is 12.0. The van der Waals surface area contributed by atoms with E-state index in [0.717, 1.165) is 18.2 Å². The first-order valence-electron chi connectivity index (χ1n) is 14.6. The van der Waals surface area contributed by atoms with Gasteiger partial charge in [0.2, 0.25) is 0 Å². The second-order valence-corrected chi connectivity index (χ2v) is 12.0. The van der Waals surface area contributed by atoms with Gasteiger partial charge < -0.3 is 32.3 Å². The van der Waals surface area contributed by atoms with Gasteiger partial charge in [-0.3, -0.25) is 9.78 Å². The molecule has 1 heterocycles. The molecule has 4 aromatic carbocycles. The Labute approximate surface area is 313 Å². The Morgan fingerprint density at radius 3 is 1.37 bits per heavy atom. The van der Waals surface area contributed by atoms with Gasteiger partial charge in [0, 0.05) is 40.3 Å². The van der Waals surface area contributed by atoms with Crippen LogP contribution in [0.1, 0.15) is 21.6 Å². The number of nitrogens with zero attached hydrogens (tertiary/aromatic N) is 1. The van der Waals surface area contributed by atoms with E-state index in [4.69, 9.17) is 53.4 Å². The number of nitrogens with two attached hydrogens (primary N) is 1. The fraction of sp³-hybridized carbons (Fsp3) is 0.0588. The zero-order valence-corrected chi connectivity index (χ0v) is 29.3. The van der Waals surface area contributed by atoms with Gasteiger partial charge in [0.1, 0.15) is 5.69 Å². The maximum Gasteiger partial charge on any atom is 0.417 e. The van der Waals surface area contributed by atoms with E-state index in [0.29, 0.717) is 22.7 Å². The number of rotatable bonds is 6. The van der Waals surface area contributed by atoms with E-state index in [9.17, 15) is 31.1 Å². The average Bonchev–Trinajstić information content (AvgIpc) is 3.08. The number of carbonyl (C=O) groups excluding carboxylic acids is 1. The Balaban J connectivity index is 0.000000244. The second-order valence-electron chi connectivity index (χ2n) is 10.4. The minimum atomic E-state index is -4.57. The number of thiocarbonyl (C=S) groups is 2. The molecule has 5 aromatic rings. The molecule has 0 aliphatic heterocycles. The molecule has 0 atom stereocenters. The van der Waals surface area contributed by atoms with Gasteiger partial charge in [0.25, 0.3) is 5.91 Å². The molecule has 0 bridgehead atoms. The van der Waals surface area contributed by atoms with Crippen LogP contribution in [0.15, 0.2) is 109 Å². The number of halogens is 8. The van der Waals surface area contributed by atoms with Crippen molar-refractivity contribution in [2.75, 3.05) is 32.3 Å². The van der Waals surface area contributed by atoms with Crippen LogP contribution in [0.2, 0.25) is 10.0 Å². The molecule has 0 radical (unpaired) electrons. The van der Waals surface area contributed by atoms with Crippen LogP contribution in [0, 0.1) is 0 Å². The summed E-state index contributed by atoms with van der Waals surface area (Å²) in [6, 6.07) is 25.3. The summed E-state index contributed by atoms with van der Waals surface area (Å²) in [5.41, 5.74) is 6.67. The van der Waals surface area contributed by atoms with Crippen molar-refractivity contribution < 1.29 is 31.1 Å². The zero-order valence-electron chi connectivity index (χ0n) is 26.2. The third-order valence-corrected chi connectivity index (χ3v) is 7.59. The van der Waals surface area contributed by atoms with Crippen molar-refractivity contribution in [2.24, 2.45) is 0 Å². The number of anilines is 6. The van der Waals surface area contributed by atoms with Gasteiger partial charge in [-0.1, -0.05) is 29.3 Å². The molecule has 0 fully saturated rings. The van der Waals surface area contributed by atoms with E-state index in [1.54, 1.807) is 66.7 Å². The second kappa shape index (κ2) is 17.4. The van der Waals surface area contributed by atoms with E-state index in [-0.39, 0.29) is 38.2 Å². The largest absolute Gasteiger partial charge is 0.417 e.